The molecule has 0 heterocycles. The van der Waals surface area contributed by atoms with Gasteiger partial charge < -0.3 is 5.11 Å². The minimum atomic E-state index is -0.834. The Bertz CT molecular complexity index is 383. The van der Waals surface area contributed by atoms with Gasteiger partial charge in [0.1, 0.15) is 0 Å². The van der Waals surface area contributed by atoms with Crippen molar-refractivity contribution in [3.63, 3.8) is 0 Å². The molecular weight excluding hydrogens is 200 g/mol. The standard InChI is InChI=1S/C14H18O2/c1-14(2,3)10-12(13(15)16)9-11-7-5-4-6-8-11/h4-8,10H,9H2,1-3H3,(H,15,16). The number of aliphatic carboxylic acids is 1. The summed E-state index contributed by atoms with van der Waals surface area (Å²) in [5.74, 6) is -0.834. The van der Waals surface area contributed by atoms with Crippen molar-refractivity contribution in [2.75, 3.05) is 0 Å². The summed E-state index contributed by atoms with van der Waals surface area (Å²) in [4.78, 5) is 11.1. The highest BCUT2D eigenvalue weighted by Gasteiger charge is 2.14. The third kappa shape index (κ3) is 4.30. The first-order valence-electron chi connectivity index (χ1n) is 5.37. The summed E-state index contributed by atoms with van der Waals surface area (Å²) in [5, 5.41) is 9.13. The Labute approximate surface area is 96.6 Å². The summed E-state index contributed by atoms with van der Waals surface area (Å²) < 4.78 is 0. The molecule has 16 heavy (non-hydrogen) atoms. The van der Waals surface area contributed by atoms with E-state index in [2.05, 4.69) is 0 Å². The molecule has 0 unspecified atom stereocenters. The predicted octanol–water partition coefficient (Wildman–Crippen LogP) is 3.29. The molecule has 0 amide bonds. The number of hydrogen-bond donors (Lipinski definition) is 1. The minimum Gasteiger partial charge on any atom is -0.478 e. The number of carboxylic acid groups (broad SMARTS) is 1. The molecule has 0 atom stereocenters. The van der Waals surface area contributed by atoms with Gasteiger partial charge in [0.15, 0.2) is 0 Å². The van der Waals surface area contributed by atoms with E-state index in [1.807, 2.05) is 57.2 Å². The smallest absolute Gasteiger partial charge is 0.331 e. The van der Waals surface area contributed by atoms with Gasteiger partial charge >= 0.3 is 5.97 Å². The molecule has 1 N–H and O–H groups in total. The molecule has 0 saturated heterocycles. The Balaban J connectivity index is 2.90. The van der Waals surface area contributed by atoms with Crippen molar-refractivity contribution >= 4 is 5.97 Å². The van der Waals surface area contributed by atoms with Gasteiger partial charge in [-0.3, -0.25) is 0 Å². The summed E-state index contributed by atoms with van der Waals surface area (Å²) in [6.07, 6.45) is 2.30. The summed E-state index contributed by atoms with van der Waals surface area (Å²) in [6.45, 7) is 6.00. The number of rotatable bonds is 3. The van der Waals surface area contributed by atoms with Gasteiger partial charge in [-0.05, 0) is 11.0 Å². The molecule has 2 heteroatoms. The van der Waals surface area contributed by atoms with Crippen LogP contribution < -0.4 is 0 Å². The zero-order valence-electron chi connectivity index (χ0n) is 10.0. The largest absolute Gasteiger partial charge is 0.478 e. The summed E-state index contributed by atoms with van der Waals surface area (Å²) in [6, 6.07) is 9.66. The molecule has 0 aliphatic rings. The van der Waals surface area contributed by atoms with E-state index in [4.69, 9.17) is 5.11 Å². The van der Waals surface area contributed by atoms with Crippen LogP contribution in [0.15, 0.2) is 42.0 Å². The van der Waals surface area contributed by atoms with Gasteiger partial charge in [-0.25, -0.2) is 4.79 Å². The lowest BCUT2D eigenvalue weighted by Gasteiger charge is -2.14. The van der Waals surface area contributed by atoms with E-state index < -0.39 is 5.97 Å². The Kier molecular flexibility index (Phi) is 3.88. The molecule has 0 saturated carbocycles. The van der Waals surface area contributed by atoms with Gasteiger partial charge in [0.25, 0.3) is 0 Å². The van der Waals surface area contributed by atoms with Crippen LogP contribution in [-0.4, -0.2) is 11.1 Å². The van der Waals surface area contributed by atoms with Gasteiger partial charge in [-0.2, -0.15) is 0 Å². The van der Waals surface area contributed by atoms with E-state index >= 15 is 0 Å². The molecule has 1 aromatic carbocycles. The van der Waals surface area contributed by atoms with Crippen LogP contribution in [0.25, 0.3) is 0 Å². The van der Waals surface area contributed by atoms with Crippen LogP contribution in [0.5, 0.6) is 0 Å². The van der Waals surface area contributed by atoms with Crippen molar-refractivity contribution in [3.05, 3.63) is 47.5 Å². The molecule has 0 spiro atoms. The molecule has 1 rings (SSSR count). The number of benzene rings is 1. The van der Waals surface area contributed by atoms with Gasteiger partial charge in [0.2, 0.25) is 0 Å². The Morgan fingerprint density at radius 3 is 2.25 bits per heavy atom. The van der Waals surface area contributed by atoms with Crippen molar-refractivity contribution in [1.29, 1.82) is 0 Å². The molecule has 0 radical (unpaired) electrons. The first-order chi connectivity index (χ1) is 7.38. The molecule has 86 valence electrons. The summed E-state index contributed by atoms with van der Waals surface area (Å²) >= 11 is 0. The van der Waals surface area contributed by atoms with Crippen molar-refractivity contribution in [1.82, 2.24) is 0 Å². The lowest BCUT2D eigenvalue weighted by molar-refractivity contribution is -0.132. The van der Waals surface area contributed by atoms with Crippen LogP contribution in [-0.2, 0) is 11.2 Å². The van der Waals surface area contributed by atoms with E-state index in [0.29, 0.717) is 12.0 Å². The highest BCUT2D eigenvalue weighted by Crippen LogP contribution is 2.20. The van der Waals surface area contributed by atoms with Gasteiger partial charge in [0, 0.05) is 12.0 Å². The second-order valence-corrected chi connectivity index (χ2v) is 5.00. The fourth-order valence-electron chi connectivity index (χ4n) is 1.53. The second-order valence-electron chi connectivity index (χ2n) is 5.00. The quantitative estimate of drug-likeness (QED) is 0.790. The average molecular weight is 218 g/mol. The highest BCUT2D eigenvalue weighted by atomic mass is 16.4. The van der Waals surface area contributed by atoms with E-state index in [9.17, 15) is 4.79 Å². The van der Waals surface area contributed by atoms with Crippen LogP contribution >= 0.6 is 0 Å². The molecular formula is C14H18O2. The van der Waals surface area contributed by atoms with E-state index in [1.54, 1.807) is 0 Å². The maximum atomic E-state index is 11.1. The van der Waals surface area contributed by atoms with Crippen LogP contribution in [0.4, 0.5) is 0 Å². The molecule has 0 fully saturated rings. The third-order valence-electron chi connectivity index (χ3n) is 2.12. The molecule has 0 bridgehead atoms. The number of hydrogen-bond acceptors (Lipinski definition) is 1. The van der Waals surface area contributed by atoms with Crippen molar-refractivity contribution in [2.45, 2.75) is 27.2 Å². The maximum absolute atomic E-state index is 11.1. The highest BCUT2D eigenvalue weighted by molar-refractivity contribution is 5.87. The van der Waals surface area contributed by atoms with Gasteiger partial charge in [0.05, 0.1) is 0 Å². The fourth-order valence-corrected chi connectivity index (χ4v) is 1.53. The van der Waals surface area contributed by atoms with E-state index in [0.717, 1.165) is 5.56 Å². The molecule has 0 aliphatic carbocycles. The Hall–Kier alpha value is -1.57. The fraction of sp³-hybridized carbons (Fsp3) is 0.357. The number of carbonyl (C=O) groups is 1. The lowest BCUT2D eigenvalue weighted by Crippen LogP contribution is -2.10. The normalized spacial score (nSPS) is 12.6. The molecule has 2 nitrogen and oxygen atoms in total. The first-order valence-corrected chi connectivity index (χ1v) is 5.37. The molecule has 0 aromatic heterocycles. The Morgan fingerprint density at radius 1 is 1.25 bits per heavy atom. The zero-order chi connectivity index (χ0) is 12.2. The minimum absolute atomic E-state index is 0.109. The van der Waals surface area contributed by atoms with Crippen molar-refractivity contribution in [2.24, 2.45) is 5.41 Å². The number of carboxylic acids is 1. The summed E-state index contributed by atoms with van der Waals surface area (Å²) in [5.41, 5.74) is 1.38. The zero-order valence-corrected chi connectivity index (χ0v) is 10.0. The monoisotopic (exact) mass is 218 g/mol. The second kappa shape index (κ2) is 4.97. The van der Waals surface area contributed by atoms with Crippen molar-refractivity contribution in [3.8, 4) is 0 Å². The lowest BCUT2D eigenvalue weighted by atomic mass is 9.91. The van der Waals surface area contributed by atoms with Crippen molar-refractivity contribution < 1.29 is 9.90 Å². The van der Waals surface area contributed by atoms with Crippen LogP contribution in [0.3, 0.4) is 0 Å². The number of allylic oxidation sites excluding steroid dienone is 1. The topological polar surface area (TPSA) is 37.3 Å². The molecule has 1 aromatic rings. The third-order valence-corrected chi connectivity index (χ3v) is 2.12. The van der Waals surface area contributed by atoms with E-state index in [1.165, 1.54) is 0 Å². The Morgan fingerprint density at radius 2 is 1.81 bits per heavy atom. The summed E-state index contributed by atoms with van der Waals surface area (Å²) in [7, 11) is 0. The van der Waals surface area contributed by atoms with Crippen LogP contribution in [0, 0.1) is 5.41 Å². The SMILES string of the molecule is CC(C)(C)C=C(Cc1ccccc1)C(=O)O. The predicted molar refractivity (Wildman–Crippen MR) is 65.3 cm³/mol. The van der Waals surface area contributed by atoms with Crippen LogP contribution in [0.2, 0.25) is 0 Å². The molecule has 0 aliphatic heterocycles. The van der Waals surface area contributed by atoms with Crippen LogP contribution in [0.1, 0.15) is 26.3 Å². The van der Waals surface area contributed by atoms with Gasteiger partial charge in [-0.1, -0.05) is 57.2 Å². The first kappa shape index (κ1) is 12.5. The van der Waals surface area contributed by atoms with Gasteiger partial charge in [-0.15, -0.1) is 0 Å². The average Bonchev–Trinajstić information content (AvgIpc) is 2.16. The maximum Gasteiger partial charge on any atom is 0.331 e. The van der Waals surface area contributed by atoms with E-state index in [-0.39, 0.29) is 5.41 Å².